The summed E-state index contributed by atoms with van der Waals surface area (Å²) >= 11 is 0. The summed E-state index contributed by atoms with van der Waals surface area (Å²) in [7, 11) is 0. The van der Waals surface area contributed by atoms with Crippen molar-refractivity contribution in [1.82, 2.24) is 20.6 Å². The van der Waals surface area contributed by atoms with Crippen molar-refractivity contribution in [3.8, 4) is 0 Å². The summed E-state index contributed by atoms with van der Waals surface area (Å²) in [6.45, 7) is 2.09. The number of nitrogens with zero attached hydrogens (tertiary/aromatic N) is 3. The molecule has 0 aliphatic carbocycles. The lowest BCUT2D eigenvalue weighted by molar-refractivity contribution is 0.839. The average molecular weight is 112 g/mol. The minimum Gasteiger partial charge on any atom is -0.243 e. The third kappa shape index (κ3) is 1.02. The average Bonchev–Trinajstić information content (AvgIpc) is 2.19. The Balaban J connectivity index is 2.50. The summed E-state index contributed by atoms with van der Waals surface area (Å²) in [5.41, 5.74) is 0. The zero-order valence-electron chi connectivity index (χ0n) is 4.76. The van der Waals surface area contributed by atoms with Gasteiger partial charge < -0.3 is 0 Å². The predicted molar refractivity (Wildman–Crippen MR) is 28.2 cm³/mol. The van der Waals surface area contributed by atoms with E-state index >= 15 is 0 Å². The van der Waals surface area contributed by atoms with Gasteiger partial charge in [-0.1, -0.05) is 6.92 Å². The molecule has 0 unspecified atom stereocenters. The summed E-state index contributed by atoms with van der Waals surface area (Å²) in [5, 5.41) is 13.2. The Labute approximate surface area is 47.3 Å². The second kappa shape index (κ2) is 2.40. The van der Waals surface area contributed by atoms with Crippen LogP contribution in [0.25, 0.3) is 0 Å². The van der Waals surface area contributed by atoms with Crippen LogP contribution in [0.2, 0.25) is 0 Å². The van der Waals surface area contributed by atoms with E-state index in [-0.39, 0.29) is 0 Å². The van der Waals surface area contributed by atoms with E-state index in [4.69, 9.17) is 0 Å². The Morgan fingerprint density at radius 3 is 3.00 bits per heavy atom. The van der Waals surface area contributed by atoms with Crippen LogP contribution in [0.3, 0.4) is 0 Å². The molecule has 1 rings (SSSR count). The monoisotopic (exact) mass is 112 g/mol. The van der Waals surface area contributed by atoms with Crippen molar-refractivity contribution in [2.45, 2.75) is 19.8 Å². The van der Waals surface area contributed by atoms with E-state index in [1.165, 1.54) is 0 Å². The lowest BCUT2D eigenvalue weighted by Gasteiger charge is -1.82. The molecule has 44 valence electrons. The molecule has 0 radical (unpaired) electrons. The van der Waals surface area contributed by atoms with Crippen molar-refractivity contribution in [1.29, 1.82) is 0 Å². The molecule has 0 atom stereocenters. The molecule has 0 amide bonds. The zero-order chi connectivity index (χ0) is 5.82. The van der Waals surface area contributed by atoms with Gasteiger partial charge in [0, 0.05) is 6.42 Å². The van der Waals surface area contributed by atoms with E-state index in [2.05, 4.69) is 27.5 Å². The first-order valence-electron chi connectivity index (χ1n) is 2.66. The maximum absolute atomic E-state index is 3.69. The van der Waals surface area contributed by atoms with Crippen molar-refractivity contribution in [3.63, 3.8) is 0 Å². The smallest absolute Gasteiger partial charge is 0.148 e. The van der Waals surface area contributed by atoms with Crippen molar-refractivity contribution in [2.75, 3.05) is 0 Å². The van der Waals surface area contributed by atoms with E-state index in [1.54, 1.807) is 0 Å². The van der Waals surface area contributed by atoms with Crippen LogP contribution in [0.4, 0.5) is 0 Å². The third-order valence-electron chi connectivity index (χ3n) is 0.876. The molecule has 0 aromatic carbocycles. The first-order valence-corrected chi connectivity index (χ1v) is 2.66. The van der Waals surface area contributed by atoms with Gasteiger partial charge in [-0.2, -0.15) is 0 Å². The van der Waals surface area contributed by atoms with E-state index in [9.17, 15) is 0 Å². The van der Waals surface area contributed by atoms with Crippen LogP contribution >= 0.6 is 0 Å². The molecule has 0 aliphatic heterocycles. The zero-order valence-corrected chi connectivity index (χ0v) is 4.76. The highest BCUT2D eigenvalue weighted by Crippen LogP contribution is 1.87. The molecule has 4 nitrogen and oxygen atoms in total. The molecule has 1 aromatic heterocycles. The second-order valence-corrected chi connectivity index (χ2v) is 1.60. The Morgan fingerprint density at radius 2 is 2.50 bits per heavy atom. The number of aryl methyl sites for hydroxylation is 1. The van der Waals surface area contributed by atoms with Crippen LogP contribution in [0.5, 0.6) is 0 Å². The molecule has 0 fully saturated rings. The first-order chi connectivity index (χ1) is 3.93. The standard InChI is InChI=1S/C4H8N4/c1-2-3-4-5-7-8-6-4/h2-3H2,1H3,(H,5,6,7,8). The van der Waals surface area contributed by atoms with E-state index in [0.29, 0.717) is 0 Å². The van der Waals surface area contributed by atoms with Crippen LogP contribution in [0, 0.1) is 0 Å². The number of tetrazole rings is 1. The summed E-state index contributed by atoms with van der Waals surface area (Å²) in [4.78, 5) is 0. The van der Waals surface area contributed by atoms with Crippen LogP contribution in [0.15, 0.2) is 0 Å². The molecular weight excluding hydrogens is 104 g/mol. The van der Waals surface area contributed by atoms with Gasteiger partial charge in [0.15, 0.2) is 0 Å². The fraction of sp³-hybridized carbons (Fsp3) is 0.750. The van der Waals surface area contributed by atoms with Gasteiger partial charge in [0.1, 0.15) is 5.82 Å². The highest BCUT2D eigenvalue weighted by Gasteiger charge is 1.90. The van der Waals surface area contributed by atoms with Gasteiger partial charge in [-0.05, 0) is 16.8 Å². The predicted octanol–water partition coefficient (Wildman–Crippen LogP) is 0.152. The lowest BCUT2D eigenvalue weighted by Crippen LogP contribution is -1.84. The Bertz CT molecular complexity index is 134. The molecule has 0 aliphatic rings. The minimum atomic E-state index is 0.868. The quantitative estimate of drug-likeness (QED) is 0.592. The summed E-state index contributed by atoms with van der Waals surface area (Å²) in [6, 6.07) is 0. The molecule has 4 heteroatoms. The van der Waals surface area contributed by atoms with E-state index in [0.717, 1.165) is 18.7 Å². The highest BCUT2D eigenvalue weighted by atomic mass is 15.5. The largest absolute Gasteiger partial charge is 0.243 e. The maximum atomic E-state index is 3.69. The molecule has 1 heterocycles. The van der Waals surface area contributed by atoms with E-state index < -0.39 is 0 Å². The first kappa shape index (κ1) is 5.21. The topological polar surface area (TPSA) is 54.5 Å². The second-order valence-electron chi connectivity index (χ2n) is 1.60. The SMILES string of the molecule is CCCc1nnn[nH]1. The van der Waals surface area contributed by atoms with Crippen LogP contribution in [0.1, 0.15) is 19.2 Å². The molecule has 0 bridgehead atoms. The number of hydrogen-bond donors (Lipinski definition) is 1. The molecular formula is C4H8N4. The lowest BCUT2D eigenvalue weighted by atomic mass is 10.3. The number of aromatic nitrogens is 4. The normalized spacial score (nSPS) is 9.62. The van der Waals surface area contributed by atoms with Crippen molar-refractivity contribution in [3.05, 3.63) is 5.82 Å². The summed E-state index contributed by atoms with van der Waals surface area (Å²) in [6.07, 6.45) is 2.02. The number of rotatable bonds is 2. The summed E-state index contributed by atoms with van der Waals surface area (Å²) in [5.74, 6) is 0.868. The molecule has 0 saturated carbocycles. The number of aromatic amines is 1. The van der Waals surface area contributed by atoms with Crippen molar-refractivity contribution >= 4 is 0 Å². The number of nitrogens with one attached hydrogen (secondary N) is 1. The van der Waals surface area contributed by atoms with Crippen molar-refractivity contribution in [2.24, 2.45) is 0 Å². The molecule has 0 saturated heterocycles. The van der Waals surface area contributed by atoms with Crippen LogP contribution in [-0.4, -0.2) is 20.6 Å². The molecule has 1 aromatic rings. The third-order valence-corrected chi connectivity index (χ3v) is 0.876. The Kier molecular flexibility index (Phi) is 1.56. The van der Waals surface area contributed by atoms with Gasteiger partial charge in [-0.25, -0.2) is 5.10 Å². The molecule has 8 heavy (non-hydrogen) atoms. The van der Waals surface area contributed by atoms with Gasteiger partial charge in [-0.15, -0.1) is 5.10 Å². The number of hydrogen-bond acceptors (Lipinski definition) is 3. The van der Waals surface area contributed by atoms with Crippen LogP contribution < -0.4 is 0 Å². The van der Waals surface area contributed by atoms with Gasteiger partial charge in [0.2, 0.25) is 0 Å². The van der Waals surface area contributed by atoms with Gasteiger partial charge >= 0.3 is 0 Å². The van der Waals surface area contributed by atoms with E-state index in [1.807, 2.05) is 0 Å². The van der Waals surface area contributed by atoms with Crippen molar-refractivity contribution < 1.29 is 0 Å². The number of H-pyrrole nitrogens is 1. The van der Waals surface area contributed by atoms with Crippen LogP contribution in [-0.2, 0) is 6.42 Å². The molecule has 1 N–H and O–H groups in total. The fourth-order valence-electron chi connectivity index (χ4n) is 0.521. The van der Waals surface area contributed by atoms with Gasteiger partial charge in [0.05, 0.1) is 0 Å². The molecule has 0 spiro atoms. The Hall–Kier alpha value is -0.930. The minimum absolute atomic E-state index is 0.868. The van der Waals surface area contributed by atoms with Gasteiger partial charge in [-0.3, -0.25) is 0 Å². The fourth-order valence-corrected chi connectivity index (χ4v) is 0.521. The van der Waals surface area contributed by atoms with Gasteiger partial charge in [0.25, 0.3) is 0 Å². The maximum Gasteiger partial charge on any atom is 0.148 e. The summed E-state index contributed by atoms with van der Waals surface area (Å²) < 4.78 is 0. The Morgan fingerprint density at radius 1 is 1.62 bits per heavy atom. The highest BCUT2D eigenvalue weighted by molar-refractivity contribution is 4.73.